The molecule has 1 aromatic heterocycles. The number of amides is 2. The summed E-state index contributed by atoms with van der Waals surface area (Å²) in [7, 11) is 0. The number of allylic oxidation sites excluding steroid dienone is 1. The molecule has 1 heterocycles. The fourth-order valence-electron chi connectivity index (χ4n) is 3.96. The third-order valence-electron chi connectivity index (χ3n) is 5.59. The Morgan fingerprint density at radius 1 is 1.19 bits per heavy atom. The molecule has 3 aromatic rings. The molecule has 10 heteroatoms. The fraction of sp³-hybridized carbons (Fsp3) is 0.333. The molecule has 3 rings (SSSR count). The van der Waals surface area contributed by atoms with Gasteiger partial charge in [-0.15, -0.1) is 16.8 Å². The molecular formula is C27H31ClIN5O2S. The largest absolute Gasteiger partial charge is 0.342 e. The number of thioether (sulfide) groups is 1. The van der Waals surface area contributed by atoms with Crippen molar-refractivity contribution in [3.63, 3.8) is 0 Å². The van der Waals surface area contributed by atoms with Crippen molar-refractivity contribution in [3.05, 3.63) is 80.2 Å². The Kier molecular flexibility index (Phi) is 10.6. The zero-order chi connectivity index (χ0) is 27.1. The van der Waals surface area contributed by atoms with Gasteiger partial charge in [-0.25, -0.2) is 0 Å². The minimum atomic E-state index is -0.392. The number of benzene rings is 2. The van der Waals surface area contributed by atoms with Crippen LogP contribution in [0.3, 0.4) is 0 Å². The second-order valence-corrected chi connectivity index (χ2v) is 11.7. The summed E-state index contributed by atoms with van der Waals surface area (Å²) in [6, 6.07) is 10.6. The Hall–Kier alpha value is -2.37. The monoisotopic (exact) mass is 651 g/mol. The first-order chi connectivity index (χ1) is 17.6. The fourth-order valence-corrected chi connectivity index (χ4v) is 5.87. The molecular weight excluding hydrogens is 621 g/mol. The van der Waals surface area contributed by atoms with E-state index < -0.39 is 6.04 Å². The number of aryl methyl sites for hydroxylation is 2. The summed E-state index contributed by atoms with van der Waals surface area (Å²) in [5.74, 6) is 0.661. The highest BCUT2D eigenvalue weighted by Crippen LogP contribution is 2.27. The Morgan fingerprint density at radius 3 is 2.49 bits per heavy atom. The summed E-state index contributed by atoms with van der Waals surface area (Å²) in [5, 5.41) is 15.8. The summed E-state index contributed by atoms with van der Waals surface area (Å²) in [5.41, 5.74) is 3.27. The van der Waals surface area contributed by atoms with Gasteiger partial charge < -0.3 is 15.2 Å². The van der Waals surface area contributed by atoms with Crippen molar-refractivity contribution in [1.29, 1.82) is 0 Å². The maximum absolute atomic E-state index is 13.0. The second kappa shape index (κ2) is 13.4. The quantitative estimate of drug-likeness (QED) is 0.139. The summed E-state index contributed by atoms with van der Waals surface area (Å²) in [4.78, 5) is 25.8. The topological polar surface area (TPSA) is 88.9 Å². The zero-order valence-electron chi connectivity index (χ0n) is 21.3. The first-order valence-electron chi connectivity index (χ1n) is 11.9. The first-order valence-corrected chi connectivity index (χ1v) is 14.3. The van der Waals surface area contributed by atoms with E-state index >= 15 is 0 Å². The maximum atomic E-state index is 13.0. The normalized spacial score (nSPS) is 11.9. The van der Waals surface area contributed by atoms with Crippen LogP contribution in [0.15, 0.2) is 54.2 Å². The number of nitrogens with zero attached hydrogens (tertiary/aromatic N) is 3. The number of nitrogens with one attached hydrogen (secondary N) is 2. The molecule has 0 spiro atoms. The van der Waals surface area contributed by atoms with Gasteiger partial charge in [0.05, 0.1) is 22.4 Å². The molecule has 0 aliphatic carbocycles. The van der Waals surface area contributed by atoms with Gasteiger partial charge in [0.2, 0.25) is 5.91 Å². The van der Waals surface area contributed by atoms with E-state index in [2.05, 4.69) is 63.8 Å². The number of anilines is 1. The molecule has 0 saturated heterocycles. The van der Waals surface area contributed by atoms with E-state index in [1.54, 1.807) is 30.3 Å². The lowest BCUT2D eigenvalue weighted by Crippen LogP contribution is -2.32. The highest BCUT2D eigenvalue weighted by molar-refractivity contribution is 14.1. The third kappa shape index (κ3) is 7.81. The van der Waals surface area contributed by atoms with Crippen molar-refractivity contribution >= 4 is 63.5 Å². The van der Waals surface area contributed by atoms with Crippen LogP contribution >= 0.6 is 46.0 Å². The van der Waals surface area contributed by atoms with Gasteiger partial charge >= 0.3 is 0 Å². The van der Waals surface area contributed by atoms with Gasteiger partial charge in [-0.2, -0.15) is 0 Å². The lowest BCUT2D eigenvalue weighted by atomic mass is 10.0. The molecule has 0 unspecified atom stereocenters. The molecule has 0 fully saturated rings. The number of hydrogen-bond acceptors (Lipinski definition) is 5. The molecule has 0 aliphatic rings. The van der Waals surface area contributed by atoms with Crippen LogP contribution < -0.4 is 10.6 Å². The lowest BCUT2D eigenvalue weighted by Gasteiger charge is -2.21. The van der Waals surface area contributed by atoms with Crippen molar-refractivity contribution in [2.24, 2.45) is 5.92 Å². The SMILES string of the molecule is C=CCn1c(SCC(=O)Nc2c(C)cc(I)cc2C)nnc1[C@@H](CC(C)C)NC(=O)c1ccccc1Cl. The maximum Gasteiger partial charge on any atom is 0.253 e. The summed E-state index contributed by atoms with van der Waals surface area (Å²) < 4.78 is 3.02. The van der Waals surface area contributed by atoms with Gasteiger partial charge in [0, 0.05) is 15.8 Å². The van der Waals surface area contributed by atoms with Crippen LogP contribution in [0.1, 0.15) is 53.6 Å². The van der Waals surface area contributed by atoms with Crippen LogP contribution in [-0.2, 0) is 11.3 Å². The highest BCUT2D eigenvalue weighted by atomic mass is 127. The van der Waals surface area contributed by atoms with Crippen molar-refractivity contribution in [2.45, 2.75) is 51.9 Å². The molecule has 196 valence electrons. The Labute approximate surface area is 241 Å². The Bertz CT molecular complexity index is 1270. The molecule has 2 amide bonds. The van der Waals surface area contributed by atoms with Crippen molar-refractivity contribution in [2.75, 3.05) is 11.1 Å². The number of aromatic nitrogens is 3. The Morgan fingerprint density at radius 2 is 1.86 bits per heavy atom. The highest BCUT2D eigenvalue weighted by Gasteiger charge is 2.25. The van der Waals surface area contributed by atoms with Gasteiger partial charge in [0.25, 0.3) is 5.91 Å². The molecule has 0 aliphatic heterocycles. The molecule has 0 radical (unpaired) electrons. The molecule has 2 aromatic carbocycles. The van der Waals surface area contributed by atoms with Crippen LogP contribution in [0.4, 0.5) is 5.69 Å². The molecule has 0 saturated carbocycles. The number of carbonyl (C=O) groups is 2. The summed E-state index contributed by atoms with van der Waals surface area (Å²) in [6.07, 6.45) is 2.40. The second-order valence-electron chi connectivity index (χ2n) is 9.13. The molecule has 2 N–H and O–H groups in total. The minimum absolute atomic E-state index is 0.127. The number of hydrogen-bond donors (Lipinski definition) is 2. The summed E-state index contributed by atoms with van der Waals surface area (Å²) >= 11 is 9.81. The predicted octanol–water partition coefficient (Wildman–Crippen LogP) is 6.59. The van der Waals surface area contributed by atoms with Crippen molar-refractivity contribution < 1.29 is 9.59 Å². The van der Waals surface area contributed by atoms with Crippen LogP contribution in [0.5, 0.6) is 0 Å². The molecule has 37 heavy (non-hydrogen) atoms. The van der Waals surface area contributed by atoms with Crippen LogP contribution in [0.2, 0.25) is 5.02 Å². The van der Waals surface area contributed by atoms with E-state index in [0.717, 1.165) is 20.4 Å². The average Bonchev–Trinajstić information content (AvgIpc) is 3.22. The molecule has 0 bridgehead atoms. The van der Waals surface area contributed by atoms with Crippen molar-refractivity contribution in [1.82, 2.24) is 20.1 Å². The van der Waals surface area contributed by atoms with E-state index in [0.29, 0.717) is 34.5 Å². The van der Waals surface area contributed by atoms with Crippen LogP contribution in [-0.4, -0.2) is 32.3 Å². The van der Waals surface area contributed by atoms with Gasteiger partial charge in [-0.1, -0.05) is 55.4 Å². The van der Waals surface area contributed by atoms with Crippen LogP contribution in [0.25, 0.3) is 0 Å². The number of carbonyl (C=O) groups excluding carboxylic acids is 2. The zero-order valence-corrected chi connectivity index (χ0v) is 25.1. The lowest BCUT2D eigenvalue weighted by molar-refractivity contribution is -0.113. The van der Waals surface area contributed by atoms with Gasteiger partial charge in [-0.05, 0) is 84.2 Å². The smallest absolute Gasteiger partial charge is 0.253 e. The number of rotatable bonds is 11. The average molecular weight is 652 g/mol. The van der Waals surface area contributed by atoms with Gasteiger partial charge in [0.15, 0.2) is 11.0 Å². The minimum Gasteiger partial charge on any atom is -0.342 e. The van der Waals surface area contributed by atoms with Gasteiger partial charge in [-0.3, -0.25) is 9.59 Å². The van der Waals surface area contributed by atoms with E-state index in [-0.39, 0.29) is 23.5 Å². The standard InChI is InChI=1S/C27H31ClIN5O2S/c1-6-11-34-25(22(12-16(2)3)30-26(36)20-9-7-8-10-21(20)28)32-33-27(34)37-15-23(35)31-24-17(4)13-19(29)14-18(24)5/h6-10,13-14,16,22H,1,11-12,15H2,2-5H3,(H,30,36)(H,31,35)/t22-/m1/s1. The van der Waals surface area contributed by atoms with E-state index in [1.165, 1.54) is 11.8 Å². The summed E-state index contributed by atoms with van der Waals surface area (Å²) in [6.45, 7) is 12.4. The molecule has 1 atom stereocenters. The van der Waals surface area contributed by atoms with E-state index in [4.69, 9.17) is 11.6 Å². The Balaban J connectivity index is 1.79. The van der Waals surface area contributed by atoms with Crippen molar-refractivity contribution in [3.8, 4) is 0 Å². The van der Waals surface area contributed by atoms with E-state index in [9.17, 15) is 9.59 Å². The van der Waals surface area contributed by atoms with Crippen LogP contribution in [0, 0.1) is 23.3 Å². The van der Waals surface area contributed by atoms with Gasteiger partial charge in [0.1, 0.15) is 0 Å². The number of halogens is 2. The molecule has 7 nitrogen and oxygen atoms in total. The first kappa shape index (κ1) is 29.2. The third-order valence-corrected chi connectivity index (χ3v) is 7.51. The van der Waals surface area contributed by atoms with E-state index in [1.807, 2.05) is 30.5 Å². The predicted molar refractivity (Wildman–Crippen MR) is 159 cm³/mol.